The highest BCUT2D eigenvalue weighted by Crippen LogP contribution is 2.32. The number of benzene rings is 1. The fraction of sp³-hybridized carbons (Fsp3) is 0. The third-order valence-corrected chi connectivity index (χ3v) is 1.94. The van der Waals surface area contributed by atoms with Crippen LogP contribution in [0.15, 0.2) is 26.9 Å². The number of rotatable bonds is 1. The number of aliphatic imine (C=N–C) groups is 1. The highest BCUT2D eigenvalue weighted by atomic mass is 32.1. The minimum absolute atomic E-state index is 0.0473. The van der Waals surface area contributed by atoms with Crippen LogP contribution in [0.25, 0.3) is 0 Å². The van der Waals surface area contributed by atoms with Crippen molar-refractivity contribution in [1.29, 1.82) is 0 Å². The molecule has 0 saturated heterocycles. The standard InChI is InChI=1S/C7H10N4S2/c8-4-1-3(12)2-5(13)6(4)11-7(9)10/h1-2,12-13H,8H2,(H4,9,10,11). The van der Waals surface area contributed by atoms with Crippen LogP contribution in [0.1, 0.15) is 0 Å². The Balaban J connectivity index is 3.29. The normalized spacial score (nSPS) is 9.69. The molecule has 0 radical (unpaired) electrons. The number of hydrogen-bond acceptors (Lipinski definition) is 4. The van der Waals surface area contributed by atoms with Crippen molar-refractivity contribution in [1.82, 2.24) is 0 Å². The van der Waals surface area contributed by atoms with Crippen LogP contribution in [0.2, 0.25) is 0 Å². The van der Waals surface area contributed by atoms with Crippen molar-refractivity contribution < 1.29 is 0 Å². The third-order valence-electron chi connectivity index (χ3n) is 1.34. The van der Waals surface area contributed by atoms with E-state index in [2.05, 4.69) is 30.2 Å². The summed E-state index contributed by atoms with van der Waals surface area (Å²) in [6, 6.07) is 3.37. The summed E-state index contributed by atoms with van der Waals surface area (Å²) >= 11 is 8.29. The second-order valence-corrected chi connectivity index (χ2v) is 3.44. The van der Waals surface area contributed by atoms with Gasteiger partial charge in [0.05, 0.1) is 5.69 Å². The van der Waals surface area contributed by atoms with E-state index < -0.39 is 0 Å². The summed E-state index contributed by atoms with van der Waals surface area (Å²) in [4.78, 5) is 5.15. The molecule has 6 N–H and O–H groups in total. The molecular formula is C7H10N4S2. The largest absolute Gasteiger partial charge is 0.397 e. The average molecular weight is 214 g/mol. The van der Waals surface area contributed by atoms with Crippen LogP contribution in [0.3, 0.4) is 0 Å². The summed E-state index contributed by atoms with van der Waals surface area (Å²) in [6.07, 6.45) is 0. The number of guanidine groups is 1. The maximum atomic E-state index is 5.65. The zero-order chi connectivity index (χ0) is 10.0. The molecule has 0 atom stereocenters. The summed E-state index contributed by atoms with van der Waals surface area (Å²) in [5.74, 6) is -0.0473. The van der Waals surface area contributed by atoms with Gasteiger partial charge in [-0.25, -0.2) is 4.99 Å². The second-order valence-electron chi connectivity index (χ2n) is 2.44. The van der Waals surface area contributed by atoms with Gasteiger partial charge >= 0.3 is 0 Å². The Morgan fingerprint density at radius 1 is 1.23 bits per heavy atom. The Bertz CT molecular complexity index is 335. The molecular weight excluding hydrogens is 204 g/mol. The zero-order valence-electron chi connectivity index (χ0n) is 6.73. The van der Waals surface area contributed by atoms with E-state index in [-0.39, 0.29) is 5.96 Å². The van der Waals surface area contributed by atoms with Crippen LogP contribution >= 0.6 is 25.3 Å². The number of thiol groups is 2. The topological polar surface area (TPSA) is 90.4 Å². The van der Waals surface area contributed by atoms with Crippen molar-refractivity contribution in [2.75, 3.05) is 5.73 Å². The van der Waals surface area contributed by atoms with Gasteiger partial charge < -0.3 is 17.2 Å². The van der Waals surface area contributed by atoms with Crippen molar-refractivity contribution in [2.24, 2.45) is 16.5 Å². The molecule has 0 aromatic heterocycles. The van der Waals surface area contributed by atoms with E-state index in [0.717, 1.165) is 4.90 Å². The van der Waals surface area contributed by atoms with E-state index in [4.69, 9.17) is 17.2 Å². The average Bonchev–Trinajstić information content (AvgIpc) is 1.96. The number of nitrogens with two attached hydrogens (primary N) is 3. The molecule has 13 heavy (non-hydrogen) atoms. The van der Waals surface area contributed by atoms with Crippen molar-refractivity contribution in [2.45, 2.75) is 9.79 Å². The minimum Gasteiger partial charge on any atom is -0.397 e. The summed E-state index contributed by atoms with van der Waals surface area (Å²) in [5.41, 5.74) is 17.0. The molecule has 0 saturated carbocycles. The summed E-state index contributed by atoms with van der Waals surface area (Å²) < 4.78 is 0. The fourth-order valence-corrected chi connectivity index (χ4v) is 1.56. The van der Waals surface area contributed by atoms with Crippen molar-refractivity contribution in [3.05, 3.63) is 12.1 Å². The third kappa shape index (κ3) is 2.46. The highest BCUT2D eigenvalue weighted by molar-refractivity contribution is 7.81. The molecule has 0 aliphatic rings. The lowest BCUT2D eigenvalue weighted by Gasteiger charge is -2.04. The summed E-state index contributed by atoms with van der Waals surface area (Å²) in [6.45, 7) is 0. The number of nitrogens with zero attached hydrogens (tertiary/aromatic N) is 1. The van der Waals surface area contributed by atoms with Crippen LogP contribution in [0.4, 0.5) is 11.4 Å². The van der Waals surface area contributed by atoms with Crippen molar-refractivity contribution >= 4 is 42.6 Å². The summed E-state index contributed by atoms with van der Waals surface area (Å²) in [7, 11) is 0. The maximum absolute atomic E-state index is 5.65. The minimum atomic E-state index is -0.0473. The molecule has 70 valence electrons. The van der Waals surface area contributed by atoms with E-state index in [1.807, 2.05) is 0 Å². The first-order valence-electron chi connectivity index (χ1n) is 3.42. The molecule has 0 unspecified atom stereocenters. The van der Waals surface area contributed by atoms with E-state index in [1.54, 1.807) is 12.1 Å². The van der Waals surface area contributed by atoms with E-state index in [0.29, 0.717) is 16.3 Å². The molecule has 0 aliphatic heterocycles. The molecule has 4 nitrogen and oxygen atoms in total. The predicted octanol–water partition coefficient (Wildman–Crippen LogP) is 0.751. The molecule has 0 amide bonds. The van der Waals surface area contributed by atoms with Gasteiger partial charge in [0.25, 0.3) is 0 Å². The lowest BCUT2D eigenvalue weighted by Crippen LogP contribution is -2.22. The monoisotopic (exact) mass is 214 g/mol. The van der Waals surface area contributed by atoms with Gasteiger partial charge in [0.1, 0.15) is 5.69 Å². The Kier molecular flexibility index (Phi) is 2.94. The van der Waals surface area contributed by atoms with Crippen LogP contribution in [0.5, 0.6) is 0 Å². The van der Waals surface area contributed by atoms with Crippen LogP contribution in [-0.4, -0.2) is 5.96 Å². The van der Waals surface area contributed by atoms with Crippen molar-refractivity contribution in [3.8, 4) is 0 Å². The Morgan fingerprint density at radius 2 is 1.85 bits per heavy atom. The summed E-state index contributed by atoms with van der Waals surface area (Å²) in [5, 5.41) is 0. The Labute approximate surface area is 87.0 Å². The second kappa shape index (κ2) is 3.80. The van der Waals surface area contributed by atoms with Gasteiger partial charge in [-0.1, -0.05) is 0 Å². The van der Waals surface area contributed by atoms with Gasteiger partial charge in [0.2, 0.25) is 0 Å². The molecule has 0 spiro atoms. The van der Waals surface area contributed by atoms with Gasteiger partial charge in [-0.3, -0.25) is 0 Å². The molecule has 6 heteroatoms. The van der Waals surface area contributed by atoms with Gasteiger partial charge in [0.15, 0.2) is 5.96 Å². The maximum Gasteiger partial charge on any atom is 0.191 e. The fourth-order valence-electron chi connectivity index (χ4n) is 0.877. The SMILES string of the molecule is NC(N)=Nc1c(N)cc(S)cc1S. The zero-order valence-corrected chi connectivity index (χ0v) is 8.52. The molecule has 1 aromatic carbocycles. The smallest absolute Gasteiger partial charge is 0.191 e. The highest BCUT2D eigenvalue weighted by Gasteiger charge is 2.03. The molecule has 0 aliphatic carbocycles. The number of hydrogen-bond donors (Lipinski definition) is 5. The van der Waals surface area contributed by atoms with Gasteiger partial charge in [-0.2, -0.15) is 0 Å². The van der Waals surface area contributed by atoms with E-state index in [1.165, 1.54) is 0 Å². The molecule has 0 fully saturated rings. The lowest BCUT2D eigenvalue weighted by atomic mass is 10.3. The van der Waals surface area contributed by atoms with E-state index in [9.17, 15) is 0 Å². The molecule has 0 heterocycles. The first kappa shape index (κ1) is 10.1. The first-order chi connectivity index (χ1) is 6.00. The Hall–Kier alpha value is -1.01. The lowest BCUT2D eigenvalue weighted by molar-refractivity contribution is 1.29. The first-order valence-corrected chi connectivity index (χ1v) is 4.31. The molecule has 1 rings (SSSR count). The van der Waals surface area contributed by atoms with Gasteiger partial charge in [-0.15, -0.1) is 25.3 Å². The van der Waals surface area contributed by atoms with Crippen LogP contribution in [0, 0.1) is 0 Å². The predicted molar refractivity (Wildman–Crippen MR) is 60.8 cm³/mol. The van der Waals surface area contributed by atoms with Gasteiger partial charge in [-0.05, 0) is 12.1 Å². The number of nitrogen functional groups attached to an aromatic ring is 1. The quantitative estimate of drug-likeness (QED) is 0.207. The molecule has 1 aromatic rings. The number of anilines is 1. The van der Waals surface area contributed by atoms with Crippen LogP contribution < -0.4 is 17.2 Å². The van der Waals surface area contributed by atoms with Gasteiger partial charge in [0, 0.05) is 9.79 Å². The molecule has 0 bridgehead atoms. The van der Waals surface area contributed by atoms with E-state index >= 15 is 0 Å². The van der Waals surface area contributed by atoms with Crippen molar-refractivity contribution in [3.63, 3.8) is 0 Å². The Morgan fingerprint density at radius 3 is 2.31 bits per heavy atom. The van der Waals surface area contributed by atoms with Crippen LogP contribution in [-0.2, 0) is 0 Å².